The second-order valence-corrected chi connectivity index (χ2v) is 3.98. The van der Waals surface area contributed by atoms with Crippen molar-refractivity contribution in [3.05, 3.63) is 23.8 Å². The van der Waals surface area contributed by atoms with Gasteiger partial charge in [0.25, 0.3) is 0 Å². The number of hydrogen-bond acceptors (Lipinski definition) is 4. The van der Waals surface area contributed by atoms with Crippen LogP contribution in [0.1, 0.15) is 17.3 Å². The minimum Gasteiger partial charge on any atom is -0.508 e. The van der Waals surface area contributed by atoms with Gasteiger partial charge in [-0.1, -0.05) is 6.92 Å². The second kappa shape index (κ2) is 6.02. The van der Waals surface area contributed by atoms with Crippen LogP contribution >= 0.6 is 0 Å². The van der Waals surface area contributed by atoms with Gasteiger partial charge in [-0.25, -0.2) is 4.79 Å². The number of hydrogen-bond donors (Lipinski definition) is 4. The fraction of sp³-hybridized carbons (Fsp3) is 0.333. The number of aromatic carboxylic acids is 1. The third-order valence-electron chi connectivity index (χ3n) is 2.45. The summed E-state index contributed by atoms with van der Waals surface area (Å²) in [6.07, 6.45) is 0. The van der Waals surface area contributed by atoms with E-state index in [-0.39, 0.29) is 28.8 Å². The van der Waals surface area contributed by atoms with Crippen LogP contribution in [0.25, 0.3) is 0 Å². The number of benzene rings is 1. The summed E-state index contributed by atoms with van der Waals surface area (Å²) in [7, 11) is 1.73. The Kier molecular flexibility index (Phi) is 4.67. The van der Waals surface area contributed by atoms with Gasteiger partial charge in [-0.15, -0.1) is 0 Å². The molecule has 1 atom stereocenters. The van der Waals surface area contributed by atoms with E-state index in [0.717, 1.165) is 6.07 Å². The highest BCUT2D eigenvalue weighted by Crippen LogP contribution is 2.21. The van der Waals surface area contributed by atoms with Crippen molar-refractivity contribution in [2.24, 2.45) is 5.92 Å². The van der Waals surface area contributed by atoms with E-state index in [9.17, 15) is 14.7 Å². The summed E-state index contributed by atoms with van der Waals surface area (Å²) in [5, 5.41) is 23.6. The molecule has 0 aliphatic rings. The predicted octanol–water partition coefficient (Wildman–Crippen LogP) is 0.884. The molecule has 0 radical (unpaired) electrons. The summed E-state index contributed by atoms with van der Waals surface area (Å²) >= 11 is 0. The molecular formula is C12H16N2O4. The van der Waals surface area contributed by atoms with Crippen molar-refractivity contribution in [2.45, 2.75) is 6.92 Å². The number of phenolic OH excluding ortho intramolecular Hbond substituents is 1. The molecule has 0 fully saturated rings. The van der Waals surface area contributed by atoms with Crippen LogP contribution in [0.2, 0.25) is 0 Å². The lowest BCUT2D eigenvalue weighted by Gasteiger charge is -2.13. The van der Waals surface area contributed by atoms with Gasteiger partial charge in [0.1, 0.15) is 5.75 Å². The molecule has 0 spiro atoms. The largest absolute Gasteiger partial charge is 0.508 e. The first-order valence-electron chi connectivity index (χ1n) is 5.47. The van der Waals surface area contributed by atoms with Gasteiger partial charge in [0.15, 0.2) is 0 Å². The van der Waals surface area contributed by atoms with Crippen LogP contribution in [0.15, 0.2) is 18.2 Å². The van der Waals surface area contributed by atoms with Crippen molar-refractivity contribution in [1.82, 2.24) is 5.32 Å². The van der Waals surface area contributed by atoms with Crippen molar-refractivity contribution in [1.29, 1.82) is 0 Å². The average molecular weight is 252 g/mol. The third-order valence-corrected chi connectivity index (χ3v) is 2.45. The molecule has 0 bridgehead atoms. The zero-order valence-electron chi connectivity index (χ0n) is 10.2. The maximum Gasteiger partial charge on any atom is 0.337 e. The van der Waals surface area contributed by atoms with Gasteiger partial charge >= 0.3 is 5.97 Å². The highest BCUT2D eigenvalue weighted by atomic mass is 16.4. The number of phenols is 1. The topological polar surface area (TPSA) is 98.7 Å². The summed E-state index contributed by atoms with van der Waals surface area (Å²) in [6.45, 7) is 2.22. The SMILES string of the molecule is CNCC(C)C(=O)Nc1ccc(O)cc1C(=O)O. The number of carboxylic acid groups (broad SMARTS) is 1. The number of carbonyl (C=O) groups excluding carboxylic acids is 1. The standard InChI is InChI=1S/C12H16N2O4/c1-7(6-13-2)11(16)14-10-4-3-8(15)5-9(10)12(17)18/h3-5,7,13,15H,6H2,1-2H3,(H,14,16)(H,17,18). The van der Waals surface area contributed by atoms with E-state index in [1.807, 2.05) is 0 Å². The molecule has 6 heteroatoms. The van der Waals surface area contributed by atoms with E-state index in [4.69, 9.17) is 5.11 Å². The van der Waals surface area contributed by atoms with Gasteiger partial charge in [0.2, 0.25) is 5.91 Å². The van der Waals surface area contributed by atoms with Crippen molar-refractivity contribution in [3.8, 4) is 5.75 Å². The fourth-order valence-corrected chi connectivity index (χ4v) is 1.47. The zero-order chi connectivity index (χ0) is 13.7. The Hall–Kier alpha value is -2.08. The van der Waals surface area contributed by atoms with Crippen LogP contribution in [-0.4, -0.2) is 35.7 Å². The summed E-state index contributed by atoms with van der Waals surface area (Å²) in [6, 6.07) is 3.79. The Bertz CT molecular complexity index is 459. The molecule has 0 heterocycles. The van der Waals surface area contributed by atoms with Crippen molar-refractivity contribution < 1.29 is 19.8 Å². The smallest absolute Gasteiger partial charge is 0.337 e. The van der Waals surface area contributed by atoms with E-state index < -0.39 is 5.97 Å². The van der Waals surface area contributed by atoms with Crippen molar-refractivity contribution in [3.63, 3.8) is 0 Å². The molecule has 6 nitrogen and oxygen atoms in total. The molecule has 0 aromatic heterocycles. The van der Waals surface area contributed by atoms with E-state index in [2.05, 4.69) is 10.6 Å². The normalized spacial score (nSPS) is 11.9. The molecule has 4 N–H and O–H groups in total. The monoisotopic (exact) mass is 252 g/mol. The van der Waals surface area contributed by atoms with Gasteiger partial charge in [-0.3, -0.25) is 4.79 Å². The molecule has 1 aromatic rings. The van der Waals surface area contributed by atoms with Crippen LogP contribution in [0, 0.1) is 5.92 Å². The Morgan fingerprint density at radius 2 is 2.06 bits per heavy atom. The van der Waals surface area contributed by atoms with Crippen LogP contribution in [0.3, 0.4) is 0 Å². The Morgan fingerprint density at radius 1 is 1.39 bits per heavy atom. The molecule has 18 heavy (non-hydrogen) atoms. The van der Waals surface area contributed by atoms with Gasteiger partial charge in [-0.2, -0.15) is 0 Å². The van der Waals surface area contributed by atoms with Crippen molar-refractivity contribution in [2.75, 3.05) is 18.9 Å². The lowest BCUT2D eigenvalue weighted by Crippen LogP contribution is -2.29. The maximum absolute atomic E-state index is 11.8. The highest BCUT2D eigenvalue weighted by Gasteiger charge is 2.16. The summed E-state index contributed by atoms with van der Waals surface area (Å²) in [5.74, 6) is -1.93. The molecule has 0 aliphatic carbocycles. The number of carboxylic acids is 1. The molecule has 0 saturated heterocycles. The van der Waals surface area contributed by atoms with Crippen molar-refractivity contribution >= 4 is 17.6 Å². The van der Waals surface area contributed by atoms with Gasteiger partial charge in [0.05, 0.1) is 11.3 Å². The van der Waals surface area contributed by atoms with Crippen LogP contribution in [0.4, 0.5) is 5.69 Å². The number of carbonyl (C=O) groups is 2. The minimum absolute atomic E-state index is 0.139. The van der Waals surface area contributed by atoms with Gasteiger partial charge in [-0.05, 0) is 25.2 Å². The summed E-state index contributed by atoms with van der Waals surface area (Å²) in [5.41, 5.74) is 0.0354. The lowest BCUT2D eigenvalue weighted by molar-refractivity contribution is -0.119. The molecule has 0 aliphatic heterocycles. The Labute approximate surface area is 105 Å². The van der Waals surface area contributed by atoms with E-state index in [1.165, 1.54) is 12.1 Å². The summed E-state index contributed by atoms with van der Waals surface area (Å²) in [4.78, 5) is 22.7. The summed E-state index contributed by atoms with van der Waals surface area (Å²) < 4.78 is 0. The first-order valence-corrected chi connectivity index (χ1v) is 5.47. The second-order valence-electron chi connectivity index (χ2n) is 3.98. The third kappa shape index (κ3) is 3.46. The molecule has 1 aromatic carbocycles. The van der Waals surface area contributed by atoms with E-state index >= 15 is 0 Å². The number of rotatable bonds is 5. The lowest BCUT2D eigenvalue weighted by atomic mass is 10.1. The average Bonchev–Trinajstić information content (AvgIpc) is 2.31. The van der Waals surface area contributed by atoms with Gasteiger partial charge in [0, 0.05) is 12.5 Å². The van der Waals surface area contributed by atoms with Crippen LogP contribution in [-0.2, 0) is 4.79 Å². The molecule has 1 unspecified atom stereocenters. The van der Waals surface area contributed by atoms with E-state index in [1.54, 1.807) is 14.0 Å². The quantitative estimate of drug-likeness (QED) is 0.583. The number of nitrogens with one attached hydrogen (secondary N) is 2. The minimum atomic E-state index is -1.21. The number of anilines is 1. The zero-order valence-corrected chi connectivity index (χ0v) is 10.2. The number of aromatic hydroxyl groups is 1. The molecule has 1 amide bonds. The van der Waals surface area contributed by atoms with Crippen LogP contribution in [0.5, 0.6) is 5.75 Å². The molecular weight excluding hydrogens is 236 g/mol. The first-order chi connectivity index (χ1) is 8.45. The number of amides is 1. The predicted molar refractivity (Wildman–Crippen MR) is 66.8 cm³/mol. The Balaban J connectivity index is 2.90. The van der Waals surface area contributed by atoms with E-state index in [0.29, 0.717) is 6.54 Å². The van der Waals surface area contributed by atoms with Crippen LogP contribution < -0.4 is 10.6 Å². The Morgan fingerprint density at radius 3 is 2.61 bits per heavy atom. The molecule has 98 valence electrons. The first kappa shape index (κ1) is 14.0. The maximum atomic E-state index is 11.8. The molecule has 0 saturated carbocycles. The molecule has 1 rings (SSSR count). The van der Waals surface area contributed by atoms with Gasteiger partial charge < -0.3 is 20.8 Å². The fourth-order valence-electron chi connectivity index (χ4n) is 1.47. The highest BCUT2D eigenvalue weighted by molar-refractivity contribution is 6.01.